The third-order valence-corrected chi connectivity index (χ3v) is 4.48. The number of piperidine rings is 1. The molecule has 0 aliphatic carbocycles. The van der Waals surface area contributed by atoms with Crippen LogP contribution in [0.25, 0.3) is 0 Å². The van der Waals surface area contributed by atoms with E-state index in [0.717, 1.165) is 12.8 Å². The van der Waals surface area contributed by atoms with E-state index in [2.05, 4.69) is 10.3 Å². The molecule has 1 amide bonds. The molecule has 3 rings (SSSR count). The van der Waals surface area contributed by atoms with Crippen molar-refractivity contribution in [3.8, 4) is 17.2 Å². The van der Waals surface area contributed by atoms with Gasteiger partial charge in [0.15, 0.2) is 11.5 Å². The average Bonchev–Trinajstić information content (AvgIpc) is 3.21. The van der Waals surface area contributed by atoms with Gasteiger partial charge in [0.05, 0.1) is 33.6 Å². The van der Waals surface area contributed by atoms with Gasteiger partial charge >= 0.3 is 0 Å². The Morgan fingerprint density at radius 1 is 1.08 bits per heavy atom. The fourth-order valence-electron chi connectivity index (χ4n) is 3.13. The normalized spacial score (nSPS) is 15.1. The van der Waals surface area contributed by atoms with E-state index < -0.39 is 0 Å². The number of likely N-dealkylation sites (tertiary alicyclic amines) is 1. The lowest BCUT2D eigenvalue weighted by Gasteiger charge is -2.32. The second-order valence-corrected chi connectivity index (χ2v) is 5.82. The van der Waals surface area contributed by atoms with E-state index in [1.807, 2.05) is 15.8 Å². The maximum Gasteiger partial charge on any atom is 0.254 e. The van der Waals surface area contributed by atoms with E-state index in [-0.39, 0.29) is 11.9 Å². The number of amides is 1. The monoisotopic (exact) mass is 346 g/mol. The van der Waals surface area contributed by atoms with Crippen LogP contribution in [0.5, 0.6) is 17.2 Å². The molecule has 1 aliphatic heterocycles. The topological polar surface area (TPSA) is 78.7 Å². The molecule has 0 bridgehead atoms. The highest BCUT2D eigenvalue weighted by molar-refractivity contribution is 5.95. The molecule has 0 unspecified atom stereocenters. The van der Waals surface area contributed by atoms with Gasteiger partial charge in [-0.25, -0.2) is 4.68 Å². The quantitative estimate of drug-likeness (QED) is 0.821. The maximum absolute atomic E-state index is 12.9. The number of ether oxygens (including phenoxy) is 3. The zero-order valence-electron chi connectivity index (χ0n) is 14.6. The lowest BCUT2D eigenvalue weighted by molar-refractivity contribution is 0.0688. The first-order valence-electron chi connectivity index (χ1n) is 8.13. The van der Waals surface area contributed by atoms with Crippen molar-refractivity contribution in [3.63, 3.8) is 0 Å². The summed E-state index contributed by atoms with van der Waals surface area (Å²) in [4.78, 5) is 14.7. The van der Waals surface area contributed by atoms with Crippen molar-refractivity contribution < 1.29 is 19.0 Å². The maximum atomic E-state index is 12.9. The lowest BCUT2D eigenvalue weighted by Crippen LogP contribution is -2.39. The smallest absolute Gasteiger partial charge is 0.254 e. The first-order chi connectivity index (χ1) is 12.2. The Morgan fingerprint density at radius 3 is 2.20 bits per heavy atom. The van der Waals surface area contributed by atoms with Crippen LogP contribution in [0.4, 0.5) is 0 Å². The van der Waals surface area contributed by atoms with E-state index in [0.29, 0.717) is 35.9 Å². The van der Waals surface area contributed by atoms with Crippen LogP contribution in [0.15, 0.2) is 24.5 Å². The van der Waals surface area contributed by atoms with Gasteiger partial charge in [-0.2, -0.15) is 0 Å². The molecule has 8 nitrogen and oxygen atoms in total. The second-order valence-electron chi connectivity index (χ2n) is 5.82. The Labute approximate surface area is 146 Å². The minimum atomic E-state index is -0.0451. The van der Waals surface area contributed by atoms with Crippen molar-refractivity contribution in [2.75, 3.05) is 34.4 Å². The summed E-state index contributed by atoms with van der Waals surface area (Å²) in [6, 6.07) is 3.66. The van der Waals surface area contributed by atoms with Gasteiger partial charge in [0.1, 0.15) is 0 Å². The SMILES string of the molecule is COc1cc(C(=O)N2CCC(n3ccnn3)CC2)cc(OC)c1OC. The highest BCUT2D eigenvalue weighted by Crippen LogP contribution is 2.38. The molecular formula is C17H22N4O4. The first-order valence-corrected chi connectivity index (χ1v) is 8.13. The number of hydrogen-bond donors (Lipinski definition) is 0. The van der Waals surface area contributed by atoms with Crippen LogP contribution in [-0.2, 0) is 0 Å². The molecule has 1 aromatic carbocycles. The summed E-state index contributed by atoms with van der Waals surface area (Å²) < 4.78 is 17.8. The number of methoxy groups -OCH3 is 3. The number of aromatic nitrogens is 3. The van der Waals surface area contributed by atoms with Crippen LogP contribution < -0.4 is 14.2 Å². The number of benzene rings is 1. The van der Waals surface area contributed by atoms with Crippen LogP contribution in [0.3, 0.4) is 0 Å². The van der Waals surface area contributed by atoms with Gasteiger partial charge in [0.2, 0.25) is 5.75 Å². The van der Waals surface area contributed by atoms with Crippen LogP contribution in [0.2, 0.25) is 0 Å². The number of carbonyl (C=O) groups is 1. The van der Waals surface area contributed by atoms with Gasteiger partial charge in [-0.1, -0.05) is 5.21 Å². The Kier molecular flexibility index (Phi) is 5.06. The fourth-order valence-corrected chi connectivity index (χ4v) is 3.13. The molecule has 2 aromatic rings. The minimum absolute atomic E-state index is 0.0451. The molecule has 0 radical (unpaired) electrons. The Hall–Kier alpha value is -2.77. The Morgan fingerprint density at radius 2 is 1.72 bits per heavy atom. The molecule has 0 atom stereocenters. The van der Waals surface area contributed by atoms with Crippen molar-refractivity contribution in [2.45, 2.75) is 18.9 Å². The largest absolute Gasteiger partial charge is 0.493 e. The van der Waals surface area contributed by atoms with Crippen LogP contribution in [-0.4, -0.2) is 60.2 Å². The summed E-state index contributed by atoms with van der Waals surface area (Å²) in [5, 5.41) is 7.90. The minimum Gasteiger partial charge on any atom is -0.493 e. The highest BCUT2D eigenvalue weighted by Gasteiger charge is 2.26. The standard InChI is InChI=1S/C17H22N4O4/c1-23-14-10-12(11-15(24-2)16(14)25-3)17(22)20-7-4-13(5-8-20)21-9-6-18-19-21/h6,9-11,13H,4-5,7-8H2,1-3H3. The van der Waals surface area contributed by atoms with Crippen molar-refractivity contribution in [1.82, 2.24) is 19.9 Å². The van der Waals surface area contributed by atoms with Gasteiger partial charge in [-0.3, -0.25) is 4.79 Å². The molecule has 134 valence electrons. The van der Waals surface area contributed by atoms with Crippen molar-refractivity contribution in [2.24, 2.45) is 0 Å². The third kappa shape index (κ3) is 3.38. The molecule has 25 heavy (non-hydrogen) atoms. The Balaban J connectivity index is 1.75. The van der Waals surface area contributed by atoms with Crippen molar-refractivity contribution in [1.29, 1.82) is 0 Å². The second kappa shape index (κ2) is 7.42. The van der Waals surface area contributed by atoms with E-state index in [9.17, 15) is 4.79 Å². The predicted molar refractivity (Wildman–Crippen MR) is 90.3 cm³/mol. The van der Waals surface area contributed by atoms with E-state index >= 15 is 0 Å². The molecule has 0 N–H and O–H groups in total. The first kappa shape index (κ1) is 17.1. The van der Waals surface area contributed by atoms with E-state index in [1.165, 1.54) is 21.3 Å². The highest BCUT2D eigenvalue weighted by atomic mass is 16.5. The fraction of sp³-hybridized carbons (Fsp3) is 0.471. The number of rotatable bonds is 5. The van der Waals surface area contributed by atoms with Crippen molar-refractivity contribution in [3.05, 3.63) is 30.1 Å². The predicted octanol–water partition coefficient (Wildman–Crippen LogP) is 1.78. The molecule has 1 aliphatic rings. The van der Waals surface area contributed by atoms with Crippen LogP contribution in [0, 0.1) is 0 Å². The number of carbonyl (C=O) groups excluding carboxylic acids is 1. The van der Waals surface area contributed by atoms with E-state index in [1.54, 1.807) is 18.3 Å². The van der Waals surface area contributed by atoms with E-state index in [4.69, 9.17) is 14.2 Å². The average molecular weight is 346 g/mol. The molecule has 2 heterocycles. The summed E-state index contributed by atoms with van der Waals surface area (Å²) in [6.45, 7) is 1.33. The van der Waals surface area contributed by atoms with Crippen LogP contribution in [0.1, 0.15) is 29.2 Å². The summed E-state index contributed by atoms with van der Waals surface area (Å²) in [6.07, 6.45) is 5.23. The van der Waals surface area contributed by atoms with Gasteiger partial charge < -0.3 is 19.1 Å². The van der Waals surface area contributed by atoms with Crippen LogP contribution >= 0.6 is 0 Å². The number of nitrogens with zero attached hydrogens (tertiary/aromatic N) is 4. The summed E-state index contributed by atoms with van der Waals surface area (Å²) in [7, 11) is 4.61. The summed E-state index contributed by atoms with van der Waals surface area (Å²) in [5.74, 6) is 1.38. The molecule has 8 heteroatoms. The zero-order valence-corrected chi connectivity index (χ0v) is 14.6. The molecule has 1 saturated heterocycles. The number of hydrogen-bond acceptors (Lipinski definition) is 6. The van der Waals surface area contributed by atoms with Gasteiger partial charge in [0, 0.05) is 24.8 Å². The van der Waals surface area contributed by atoms with Gasteiger partial charge in [-0.05, 0) is 25.0 Å². The van der Waals surface area contributed by atoms with Gasteiger partial charge in [-0.15, -0.1) is 5.10 Å². The lowest BCUT2D eigenvalue weighted by atomic mass is 10.0. The summed E-state index contributed by atoms with van der Waals surface area (Å²) >= 11 is 0. The molecular weight excluding hydrogens is 324 g/mol. The van der Waals surface area contributed by atoms with Crippen molar-refractivity contribution >= 4 is 5.91 Å². The third-order valence-electron chi connectivity index (χ3n) is 4.48. The summed E-state index contributed by atoms with van der Waals surface area (Å²) in [5.41, 5.74) is 0.522. The zero-order chi connectivity index (χ0) is 17.8. The van der Waals surface area contributed by atoms with Gasteiger partial charge in [0.25, 0.3) is 5.91 Å². The molecule has 0 saturated carbocycles. The molecule has 1 aromatic heterocycles. The molecule has 1 fully saturated rings. The Bertz CT molecular complexity index is 699. The molecule has 0 spiro atoms.